The molecular formula is C39H48FN7. The summed E-state index contributed by atoms with van der Waals surface area (Å²) in [7, 11) is 4.09. The zero-order valence-electron chi connectivity index (χ0n) is 28.3. The fraction of sp³-hybridized carbons (Fsp3) is 0.359. The fourth-order valence-corrected chi connectivity index (χ4v) is 6.41. The molecule has 4 aromatic rings. The number of allylic oxidation sites excluding steroid dienone is 5. The number of nitrogens with zero attached hydrogens (tertiary/aromatic N) is 4. The van der Waals surface area contributed by atoms with Crippen molar-refractivity contribution in [1.29, 1.82) is 0 Å². The minimum absolute atomic E-state index is 0.262. The molecule has 5 rings (SSSR count). The van der Waals surface area contributed by atoms with Crippen LogP contribution in [0, 0.1) is 18.7 Å². The molecular weight excluding hydrogens is 585 g/mol. The molecule has 0 saturated heterocycles. The maximum absolute atomic E-state index is 14.9. The number of aryl methyl sites for hydroxylation is 2. The third-order valence-electron chi connectivity index (χ3n) is 8.89. The fourth-order valence-electron chi connectivity index (χ4n) is 6.41. The van der Waals surface area contributed by atoms with E-state index in [1.54, 1.807) is 18.2 Å². The number of H-pyrrole nitrogens is 2. The summed E-state index contributed by atoms with van der Waals surface area (Å²) in [4.78, 5) is 15.3. The van der Waals surface area contributed by atoms with Gasteiger partial charge in [0.25, 0.3) is 0 Å². The van der Waals surface area contributed by atoms with E-state index in [9.17, 15) is 4.39 Å². The molecule has 3 heterocycles. The van der Waals surface area contributed by atoms with Crippen molar-refractivity contribution in [2.45, 2.75) is 52.4 Å². The molecule has 1 saturated carbocycles. The molecule has 3 N–H and O–H groups in total. The lowest BCUT2D eigenvalue weighted by Gasteiger charge is -2.12. The summed E-state index contributed by atoms with van der Waals surface area (Å²) in [6, 6.07) is 7.34. The first-order valence-corrected chi connectivity index (χ1v) is 16.7. The van der Waals surface area contributed by atoms with Gasteiger partial charge in [-0.3, -0.25) is 5.10 Å². The first kappa shape index (κ1) is 33.9. The second-order valence-electron chi connectivity index (χ2n) is 12.8. The zero-order chi connectivity index (χ0) is 33.3. The van der Waals surface area contributed by atoms with E-state index >= 15 is 0 Å². The van der Waals surface area contributed by atoms with Crippen LogP contribution in [0.1, 0.15) is 67.1 Å². The summed E-state index contributed by atoms with van der Waals surface area (Å²) in [5.41, 5.74) is 8.64. The molecule has 1 aliphatic rings. The zero-order valence-corrected chi connectivity index (χ0v) is 28.3. The van der Waals surface area contributed by atoms with Crippen LogP contribution in [0.2, 0.25) is 0 Å². The Morgan fingerprint density at radius 1 is 1.13 bits per heavy atom. The van der Waals surface area contributed by atoms with Crippen LogP contribution in [-0.2, 0) is 6.42 Å². The molecule has 0 bridgehead atoms. The summed E-state index contributed by atoms with van der Waals surface area (Å²) in [6.45, 7) is 14.8. The van der Waals surface area contributed by atoms with Gasteiger partial charge >= 0.3 is 0 Å². The van der Waals surface area contributed by atoms with E-state index < -0.39 is 0 Å². The Morgan fingerprint density at radius 3 is 2.66 bits per heavy atom. The number of hydrogen-bond acceptors (Lipinski definition) is 5. The van der Waals surface area contributed by atoms with E-state index in [0.717, 1.165) is 94.3 Å². The van der Waals surface area contributed by atoms with E-state index in [-0.39, 0.29) is 5.82 Å². The maximum atomic E-state index is 14.9. The molecule has 0 atom stereocenters. The van der Waals surface area contributed by atoms with Crippen LogP contribution in [0.25, 0.3) is 33.7 Å². The van der Waals surface area contributed by atoms with Crippen LogP contribution in [0.4, 0.5) is 4.39 Å². The highest BCUT2D eigenvalue weighted by molar-refractivity contribution is 5.92. The van der Waals surface area contributed by atoms with Crippen molar-refractivity contribution >= 4 is 22.2 Å². The van der Waals surface area contributed by atoms with Gasteiger partial charge in [0.2, 0.25) is 0 Å². The average molecular weight is 634 g/mol. The van der Waals surface area contributed by atoms with Gasteiger partial charge in [0.1, 0.15) is 11.5 Å². The second-order valence-corrected chi connectivity index (χ2v) is 12.8. The van der Waals surface area contributed by atoms with Gasteiger partial charge in [-0.1, -0.05) is 62.4 Å². The van der Waals surface area contributed by atoms with Gasteiger partial charge in [-0.2, -0.15) is 5.10 Å². The molecule has 0 unspecified atom stereocenters. The number of hydrogen-bond donors (Lipinski definition) is 3. The van der Waals surface area contributed by atoms with Gasteiger partial charge in [0, 0.05) is 29.6 Å². The minimum Gasteiger partial charge on any atom is -0.340 e. The lowest BCUT2D eigenvalue weighted by atomic mass is 9.97. The summed E-state index contributed by atoms with van der Waals surface area (Å²) in [5.74, 6) is 1.16. The number of aromatic amines is 2. The van der Waals surface area contributed by atoms with E-state index in [0.29, 0.717) is 11.5 Å². The minimum atomic E-state index is -0.262. The summed E-state index contributed by atoms with van der Waals surface area (Å²) in [5, 5.41) is 12.1. The van der Waals surface area contributed by atoms with Crippen LogP contribution in [0.15, 0.2) is 79.6 Å². The van der Waals surface area contributed by atoms with Gasteiger partial charge < -0.3 is 15.2 Å². The molecule has 0 spiro atoms. The van der Waals surface area contributed by atoms with E-state index in [1.165, 1.54) is 25.7 Å². The molecule has 0 radical (unpaired) electrons. The topological polar surface area (TPSA) is 85.5 Å². The molecule has 1 aromatic carbocycles. The Bertz CT molecular complexity index is 1800. The quantitative estimate of drug-likeness (QED) is 0.115. The second kappa shape index (κ2) is 15.9. The summed E-state index contributed by atoms with van der Waals surface area (Å²) in [6.07, 6.45) is 18.7. The predicted octanol–water partition coefficient (Wildman–Crippen LogP) is 8.20. The number of rotatable bonds is 15. The lowest BCUT2D eigenvalue weighted by molar-refractivity contribution is 0.400. The maximum Gasteiger partial charge on any atom is 0.181 e. The Hall–Kier alpha value is -4.40. The largest absolute Gasteiger partial charge is 0.340 e. The third kappa shape index (κ3) is 8.50. The normalized spacial score (nSPS) is 14.9. The van der Waals surface area contributed by atoms with E-state index in [1.807, 2.05) is 46.3 Å². The Kier molecular flexibility index (Phi) is 11.5. The molecule has 7 nitrogen and oxygen atoms in total. The van der Waals surface area contributed by atoms with Gasteiger partial charge in [0.15, 0.2) is 11.5 Å². The number of fused-ring (bicyclic) bond motifs is 1. The highest BCUT2D eigenvalue weighted by Crippen LogP contribution is 2.32. The van der Waals surface area contributed by atoms with Gasteiger partial charge in [-0.05, 0) is 113 Å². The molecule has 3 aromatic heterocycles. The molecule has 8 heteroatoms. The highest BCUT2D eigenvalue weighted by Gasteiger charge is 2.19. The molecule has 47 heavy (non-hydrogen) atoms. The van der Waals surface area contributed by atoms with Crippen LogP contribution in [0.3, 0.4) is 0 Å². The van der Waals surface area contributed by atoms with Crippen molar-refractivity contribution in [3.05, 3.63) is 113 Å². The number of nitrogens with one attached hydrogen (secondary N) is 3. The number of benzene rings is 1. The first-order valence-electron chi connectivity index (χ1n) is 16.7. The Morgan fingerprint density at radius 2 is 1.94 bits per heavy atom. The summed E-state index contributed by atoms with van der Waals surface area (Å²) >= 11 is 0. The standard InChI is InChI=1S/C39H48FN7/c1-7-13-34(31-19-29(20-33(40)21-31)16-12-17-47(5)6)36-26(4)43-39(44-36)37-35-22-32(25-42-38(35)46-45-37)30(9-3)18-27(8-2)23-41-24-28-14-10-11-15-28/h7-9,13,18-22,25,28,41H,1-2,10-12,14-17,23-24H2,3-6H3,(H,43,44)(H,42,45,46)/b27-18+,30-9+,34-13-. The van der Waals surface area contributed by atoms with Crippen LogP contribution in [0.5, 0.6) is 0 Å². The lowest BCUT2D eigenvalue weighted by Crippen LogP contribution is -2.23. The molecule has 1 aliphatic carbocycles. The Labute approximate surface area is 278 Å². The van der Waals surface area contributed by atoms with Crippen molar-refractivity contribution in [3.63, 3.8) is 0 Å². The van der Waals surface area contributed by atoms with Crippen molar-refractivity contribution in [3.8, 4) is 11.5 Å². The van der Waals surface area contributed by atoms with Crippen molar-refractivity contribution in [2.75, 3.05) is 33.7 Å². The molecule has 1 fully saturated rings. The number of halogens is 1. The number of pyridine rings is 1. The van der Waals surface area contributed by atoms with Gasteiger partial charge in [0.05, 0.1) is 11.1 Å². The number of imidazole rings is 1. The van der Waals surface area contributed by atoms with Gasteiger partial charge in [-0.25, -0.2) is 14.4 Å². The predicted molar refractivity (Wildman–Crippen MR) is 194 cm³/mol. The van der Waals surface area contributed by atoms with E-state index in [4.69, 9.17) is 4.98 Å². The molecule has 246 valence electrons. The van der Waals surface area contributed by atoms with Crippen LogP contribution >= 0.6 is 0 Å². The number of aromatic nitrogens is 5. The van der Waals surface area contributed by atoms with Crippen molar-refractivity contribution in [2.24, 2.45) is 5.92 Å². The highest BCUT2D eigenvalue weighted by atomic mass is 19.1. The van der Waals surface area contributed by atoms with Crippen molar-refractivity contribution < 1.29 is 4.39 Å². The SMILES string of the molecule is C=C/C=C(/c1cc(F)cc(CCCN(C)C)c1)c1nc(-c2[nH]nc3ncc(C(/C=C(\C=C)CNCC4CCCC4)=C/C)cc23)[nH]c1C. The average Bonchev–Trinajstić information content (AvgIpc) is 3.81. The monoisotopic (exact) mass is 633 g/mol. The first-order chi connectivity index (χ1) is 22.8. The van der Waals surface area contributed by atoms with Crippen LogP contribution in [-0.4, -0.2) is 63.8 Å². The summed E-state index contributed by atoms with van der Waals surface area (Å²) < 4.78 is 14.9. The van der Waals surface area contributed by atoms with Gasteiger partial charge in [-0.15, -0.1) is 0 Å². The van der Waals surface area contributed by atoms with E-state index in [2.05, 4.69) is 67.8 Å². The Balaban J connectivity index is 1.42. The smallest absolute Gasteiger partial charge is 0.181 e. The molecule has 0 amide bonds. The molecule has 0 aliphatic heterocycles. The van der Waals surface area contributed by atoms with Crippen molar-refractivity contribution in [1.82, 2.24) is 35.4 Å². The third-order valence-corrected chi connectivity index (χ3v) is 8.89. The van der Waals surface area contributed by atoms with Crippen LogP contribution < -0.4 is 5.32 Å².